The van der Waals surface area contributed by atoms with E-state index in [2.05, 4.69) is 10.1 Å². The van der Waals surface area contributed by atoms with E-state index in [-0.39, 0.29) is 0 Å². The highest BCUT2D eigenvalue weighted by molar-refractivity contribution is 7.92. The first-order valence-corrected chi connectivity index (χ1v) is 10.1. The summed E-state index contributed by atoms with van der Waals surface area (Å²) in [6.07, 6.45) is 1.03. The van der Waals surface area contributed by atoms with Crippen molar-refractivity contribution in [2.45, 2.75) is 6.92 Å². The highest BCUT2D eigenvalue weighted by Crippen LogP contribution is 2.25. The molecule has 2 aromatic rings. The molecule has 0 bridgehead atoms. The van der Waals surface area contributed by atoms with Gasteiger partial charge in [-0.1, -0.05) is 11.6 Å². The second-order valence-electron chi connectivity index (χ2n) is 5.82. The highest BCUT2D eigenvalue weighted by atomic mass is 35.5. The molecule has 0 aliphatic heterocycles. The van der Waals surface area contributed by atoms with Crippen molar-refractivity contribution in [3.63, 3.8) is 0 Å². The zero-order chi connectivity index (χ0) is 20.2. The number of carbonyl (C=O) groups is 2. The summed E-state index contributed by atoms with van der Waals surface area (Å²) in [4.78, 5) is 23.8. The molecule has 0 saturated heterocycles. The SMILES string of the molecule is COC(=O)c1ccc(NC(=O)CN(c2ccc(Cl)cc2C)S(C)(=O)=O)cc1. The van der Waals surface area contributed by atoms with Crippen LogP contribution in [0.2, 0.25) is 5.02 Å². The number of anilines is 2. The number of esters is 1. The molecule has 0 radical (unpaired) electrons. The Morgan fingerprint density at radius 2 is 1.78 bits per heavy atom. The summed E-state index contributed by atoms with van der Waals surface area (Å²) in [6, 6.07) is 10.8. The first-order valence-electron chi connectivity index (χ1n) is 7.84. The molecule has 144 valence electrons. The fourth-order valence-corrected chi connectivity index (χ4v) is 3.56. The lowest BCUT2D eigenvalue weighted by Gasteiger charge is -2.23. The summed E-state index contributed by atoms with van der Waals surface area (Å²) in [5.74, 6) is -1.02. The molecule has 1 N–H and O–H groups in total. The molecule has 0 aromatic heterocycles. The summed E-state index contributed by atoms with van der Waals surface area (Å²) in [5, 5.41) is 3.08. The number of nitrogens with zero attached hydrogens (tertiary/aromatic N) is 1. The number of rotatable bonds is 6. The standard InChI is InChI=1S/C18H19ClN2O5S/c1-12-10-14(19)6-9-16(12)21(27(3,24)25)11-17(22)20-15-7-4-13(5-8-15)18(23)26-2/h4-10H,11H2,1-3H3,(H,20,22). The predicted octanol–water partition coefficient (Wildman–Crippen LogP) is 2.84. The fourth-order valence-electron chi connectivity index (χ4n) is 2.42. The molecule has 0 aliphatic carbocycles. The Morgan fingerprint density at radius 3 is 2.30 bits per heavy atom. The molecular weight excluding hydrogens is 392 g/mol. The van der Waals surface area contributed by atoms with Crippen molar-refractivity contribution >= 4 is 44.9 Å². The van der Waals surface area contributed by atoms with E-state index in [0.29, 0.717) is 27.5 Å². The maximum Gasteiger partial charge on any atom is 0.337 e. The molecule has 0 spiro atoms. The second-order valence-corrected chi connectivity index (χ2v) is 8.16. The van der Waals surface area contributed by atoms with Crippen LogP contribution in [0.5, 0.6) is 0 Å². The van der Waals surface area contributed by atoms with Crippen LogP contribution in [0, 0.1) is 6.92 Å². The van der Waals surface area contributed by atoms with Gasteiger partial charge in [-0.25, -0.2) is 13.2 Å². The lowest BCUT2D eigenvalue weighted by Crippen LogP contribution is -2.37. The average Bonchev–Trinajstić information content (AvgIpc) is 2.59. The minimum absolute atomic E-state index is 0.338. The number of aryl methyl sites for hydroxylation is 1. The Balaban J connectivity index is 2.18. The molecule has 0 aliphatic rings. The second kappa shape index (κ2) is 8.41. The Morgan fingerprint density at radius 1 is 1.15 bits per heavy atom. The van der Waals surface area contributed by atoms with Gasteiger partial charge in [-0.05, 0) is 55.0 Å². The Hall–Kier alpha value is -2.58. The lowest BCUT2D eigenvalue weighted by molar-refractivity contribution is -0.114. The van der Waals surface area contributed by atoms with Crippen LogP contribution in [-0.2, 0) is 19.6 Å². The summed E-state index contributed by atoms with van der Waals surface area (Å²) in [5.41, 5.74) is 1.76. The van der Waals surface area contributed by atoms with Gasteiger partial charge in [0.05, 0.1) is 24.6 Å². The van der Waals surface area contributed by atoms with Crippen LogP contribution in [0.3, 0.4) is 0 Å². The normalized spacial score (nSPS) is 11.0. The first-order chi connectivity index (χ1) is 12.6. The molecule has 0 unspecified atom stereocenters. The van der Waals surface area contributed by atoms with E-state index in [4.69, 9.17) is 11.6 Å². The van der Waals surface area contributed by atoms with E-state index in [1.54, 1.807) is 25.1 Å². The average molecular weight is 411 g/mol. The molecule has 0 fully saturated rings. The molecule has 9 heteroatoms. The van der Waals surface area contributed by atoms with E-state index in [9.17, 15) is 18.0 Å². The topological polar surface area (TPSA) is 92.8 Å². The molecule has 0 saturated carbocycles. The van der Waals surface area contributed by atoms with Crippen molar-refractivity contribution in [2.75, 3.05) is 29.5 Å². The Labute approximate surface area is 162 Å². The largest absolute Gasteiger partial charge is 0.465 e. The van der Waals surface area contributed by atoms with E-state index in [1.807, 2.05) is 0 Å². The van der Waals surface area contributed by atoms with Gasteiger partial charge in [0.25, 0.3) is 0 Å². The fraction of sp³-hybridized carbons (Fsp3) is 0.222. The van der Waals surface area contributed by atoms with Gasteiger partial charge < -0.3 is 10.1 Å². The van der Waals surface area contributed by atoms with Gasteiger partial charge in [0.15, 0.2) is 0 Å². The number of nitrogens with one attached hydrogen (secondary N) is 1. The first kappa shape index (κ1) is 20.7. The monoisotopic (exact) mass is 410 g/mol. The number of benzene rings is 2. The molecule has 0 atom stereocenters. The van der Waals surface area contributed by atoms with Crippen molar-refractivity contribution in [1.82, 2.24) is 0 Å². The number of carbonyl (C=O) groups excluding carboxylic acids is 2. The number of halogens is 1. The van der Waals surface area contributed by atoms with Crippen molar-refractivity contribution in [3.8, 4) is 0 Å². The summed E-state index contributed by atoms with van der Waals surface area (Å²) < 4.78 is 30.0. The number of ether oxygens (including phenoxy) is 1. The van der Waals surface area contributed by atoms with E-state index in [1.165, 1.54) is 31.4 Å². The van der Waals surface area contributed by atoms with Gasteiger partial charge >= 0.3 is 5.97 Å². The van der Waals surface area contributed by atoms with Gasteiger partial charge in [-0.3, -0.25) is 9.10 Å². The van der Waals surface area contributed by atoms with Crippen LogP contribution in [0.25, 0.3) is 0 Å². The van der Waals surface area contributed by atoms with Crippen LogP contribution in [0.15, 0.2) is 42.5 Å². The van der Waals surface area contributed by atoms with Crippen molar-refractivity contribution in [1.29, 1.82) is 0 Å². The van der Waals surface area contributed by atoms with Crippen LogP contribution in [0.4, 0.5) is 11.4 Å². The van der Waals surface area contributed by atoms with Crippen molar-refractivity contribution < 1.29 is 22.7 Å². The summed E-state index contributed by atoms with van der Waals surface area (Å²) in [7, 11) is -2.42. The van der Waals surface area contributed by atoms with E-state index in [0.717, 1.165) is 10.6 Å². The molecule has 2 aromatic carbocycles. The molecular formula is C18H19ClN2O5S. The Kier molecular flexibility index (Phi) is 6.45. The zero-order valence-electron chi connectivity index (χ0n) is 15.0. The number of hydrogen-bond donors (Lipinski definition) is 1. The van der Waals surface area contributed by atoms with Crippen LogP contribution >= 0.6 is 11.6 Å². The van der Waals surface area contributed by atoms with Gasteiger partial charge in [-0.2, -0.15) is 0 Å². The molecule has 27 heavy (non-hydrogen) atoms. The van der Waals surface area contributed by atoms with Crippen LogP contribution in [0.1, 0.15) is 15.9 Å². The van der Waals surface area contributed by atoms with Gasteiger partial charge in [0, 0.05) is 10.7 Å². The van der Waals surface area contributed by atoms with Crippen molar-refractivity contribution in [2.24, 2.45) is 0 Å². The maximum atomic E-state index is 12.4. The smallest absolute Gasteiger partial charge is 0.337 e. The predicted molar refractivity (Wildman–Crippen MR) is 105 cm³/mol. The number of sulfonamides is 1. The number of methoxy groups -OCH3 is 1. The van der Waals surface area contributed by atoms with Gasteiger partial charge in [0.1, 0.15) is 6.54 Å². The van der Waals surface area contributed by atoms with E-state index < -0.39 is 28.4 Å². The lowest BCUT2D eigenvalue weighted by atomic mass is 10.2. The molecule has 0 heterocycles. The molecule has 2 rings (SSSR count). The number of amides is 1. The molecule has 7 nitrogen and oxygen atoms in total. The van der Waals surface area contributed by atoms with Crippen LogP contribution < -0.4 is 9.62 Å². The van der Waals surface area contributed by atoms with Crippen molar-refractivity contribution in [3.05, 3.63) is 58.6 Å². The van der Waals surface area contributed by atoms with E-state index >= 15 is 0 Å². The third-order valence-electron chi connectivity index (χ3n) is 3.70. The van der Waals surface area contributed by atoms with Gasteiger partial charge in [-0.15, -0.1) is 0 Å². The quantitative estimate of drug-likeness (QED) is 0.739. The summed E-state index contributed by atoms with van der Waals surface area (Å²) >= 11 is 5.91. The van der Waals surface area contributed by atoms with Gasteiger partial charge in [0.2, 0.25) is 15.9 Å². The summed E-state index contributed by atoms with van der Waals surface area (Å²) in [6.45, 7) is 1.31. The van der Waals surface area contributed by atoms with Crippen LogP contribution in [-0.4, -0.2) is 40.2 Å². The third-order valence-corrected chi connectivity index (χ3v) is 5.07. The molecule has 1 amide bonds. The minimum Gasteiger partial charge on any atom is -0.465 e. The minimum atomic E-state index is -3.69. The zero-order valence-corrected chi connectivity index (χ0v) is 16.6. The Bertz CT molecular complexity index is 958. The highest BCUT2D eigenvalue weighted by Gasteiger charge is 2.22. The maximum absolute atomic E-state index is 12.4. The third kappa shape index (κ3) is 5.45. The number of hydrogen-bond acceptors (Lipinski definition) is 5.